The number of fused-ring (bicyclic) bond motifs is 1. The molecule has 5 nitrogen and oxygen atoms in total. The van der Waals surface area contributed by atoms with Crippen molar-refractivity contribution in [1.82, 2.24) is 0 Å². The molecule has 0 radical (unpaired) electrons. The molecule has 2 aliphatic rings. The van der Waals surface area contributed by atoms with Crippen LogP contribution in [0.25, 0.3) is 0 Å². The molecule has 2 N–H and O–H groups in total. The molecule has 5 heteroatoms. The van der Waals surface area contributed by atoms with Gasteiger partial charge in [0.25, 0.3) is 0 Å². The Kier molecular flexibility index (Phi) is 4.58. The fraction of sp³-hybridized carbons (Fsp3) is 0.714. The van der Waals surface area contributed by atoms with Gasteiger partial charge in [-0.15, -0.1) is 0 Å². The number of hydrogen-bond acceptors (Lipinski definition) is 5. The highest BCUT2D eigenvalue weighted by molar-refractivity contribution is 5.84. The zero-order valence-electron chi connectivity index (χ0n) is 11.3. The minimum atomic E-state index is -0.311. The molecule has 0 bridgehead atoms. The van der Waals surface area contributed by atoms with Crippen molar-refractivity contribution in [2.24, 2.45) is 11.7 Å². The molecule has 2 rings (SSSR count). The molecule has 106 valence electrons. The average molecular weight is 267 g/mol. The first-order valence-corrected chi connectivity index (χ1v) is 6.92. The van der Waals surface area contributed by atoms with Crippen molar-refractivity contribution in [3.63, 3.8) is 0 Å². The highest BCUT2D eigenvalue weighted by Crippen LogP contribution is 2.36. The van der Waals surface area contributed by atoms with Crippen LogP contribution in [0.1, 0.15) is 39.0 Å². The van der Waals surface area contributed by atoms with Gasteiger partial charge < -0.3 is 15.2 Å². The third-order valence-corrected chi connectivity index (χ3v) is 3.80. The Morgan fingerprint density at radius 1 is 1.53 bits per heavy atom. The number of nitrogens with two attached hydrogens (primary N) is 1. The summed E-state index contributed by atoms with van der Waals surface area (Å²) in [5.74, 6) is -0.299. The van der Waals surface area contributed by atoms with E-state index in [0.29, 0.717) is 25.9 Å². The molecule has 1 fully saturated rings. The molecule has 0 spiro atoms. The van der Waals surface area contributed by atoms with Crippen molar-refractivity contribution < 1.29 is 19.1 Å². The minimum Gasteiger partial charge on any atom is -0.466 e. The number of rotatable bonds is 4. The first kappa shape index (κ1) is 14.1. The number of hydrogen-bond donors (Lipinski definition) is 1. The van der Waals surface area contributed by atoms with E-state index in [1.54, 1.807) is 6.92 Å². The van der Waals surface area contributed by atoms with Gasteiger partial charge in [-0.2, -0.15) is 0 Å². The van der Waals surface area contributed by atoms with E-state index in [1.165, 1.54) is 6.08 Å². The van der Waals surface area contributed by atoms with Gasteiger partial charge in [-0.05, 0) is 26.2 Å². The standard InChI is InChI=1S/C14H21NO4/c1-2-18-13(16)6-3-9-7-14(17)19-12-8-10(15)4-5-11(9)12/h7,10-12H,2-6,8,15H2,1H3. The summed E-state index contributed by atoms with van der Waals surface area (Å²) in [6.45, 7) is 2.18. The number of carbonyl (C=O) groups excluding carboxylic acids is 2. The molecule has 0 saturated heterocycles. The maximum Gasteiger partial charge on any atom is 0.331 e. The first-order valence-electron chi connectivity index (χ1n) is 6.92. The number of ether oxygens (including phenoxy) is 2. The van der Waals surface area contributed by atoms with E-state index in [-0.39, 0.29) is 30.0 Å². The van der Waals surface area contributed by atoms with Gasteiger partial charge in [0, 0.05) is 30.9 Å². The van der Waals surface area contributed by atoms with Crippen molar-refractivity contribution in [2.75, 3.05) is 6.61 Å². The fourth-order valence-electron chi connectivity index (χ4n) is 2.89. The molecule has 19 heavy (non-hydrogen) atoms. The van der Waals surface area contributed by atoms with Crippen LogP contribution < -0.4 is 5.73 Å². The lowest BCUT2D eigenvalue weighted by Gasteiger charge is -2.38. The largest absolute Gasteiger partial charge is 0.466 e. The van der Waals surface area contributed by atoms with Crippen molar-refractivity contribution in [3.05, 3.63) is 11.6 Å². The van der Waals surface area contributed by atoms with Crippen LogP contribution in [-0.2, 0) is 19.1 Å². The van der Waals surface area contributed by atoms with Gasteiger partial charge in [-0.3, -0.25) is 4.79 Å². The van der Waals surface area contributed by atoms with E-state index in [1.807, 2.05) is 0 Å². The average Bonchev–Trinajstić information content (AvgIpc) is 2.35. The van der Waals surface area contributed by atoms with Crippen LogP contribution >= 0.6 is 0 Å². The summed E-state index contributed by atoms with van der Waals surface area (Å²) >= 11 is 0. The van der Waals surface area contributed by atoms with Crippen LogP contribution in [0.15, 0.2) is 11.6 Å². The Hall–Kier alpha value is -1.36. The Morgan fingerprint density at radius 3 is 3.05 bits per heavy atom. The van der Waals surface area contributed by atoms with Crippen molar-refractivity contribution in [3.8, 4) is 0 Å². The highest BCUT2D eigenvalue weighted by atomic mass is 16.5. The van der Waals surface area contributed by atoms with Crippen LogP contribution in [-0.4, -0.2) is 30.7 Å². The lowest BCUT2D eigenvalue weighted by atomic mass is 9.77. The molecule has 3 unspecified atom stereocenters. The zero-order chi connectivity index (χ0) is 13.8. The molecule has 3 atom stereocenters. The third-order valence-electron chi connectivity index (χ3n) is 3.80. The minimum absolute atomic E-state index is 0.110. The summed E-state index contributed by atoms with van der Waals surface area (Å²) in [4.78, 5) is 22.9. The Balaban J connectivity index is 1.98. The predicted octanol–water partition coefficient (Wildman–Crippen LogP) is 1.31. The van der Waals surface area contributed by atoms with Crippen molar-refractivity contribution >= 4 is 11.9 Å². The number of carbonyl (C=O) groups is 2. The summed E-state index contributed by atoms with van der Waals surface area (Å²) in [5.41, 5.74) is 6.92. The Labute approximate surface area is 113 Å². The summed E-state index contributed by atoms with van der Waals surface area (Å²) in [6, 6.07) is 0.110. The second-order valence-electron chi connectivity index (χ2n) is 5.18. The van der Waals surface area contributed by atoms with Crippen LogP contribution in [0, 0.1) is 5.92 Å². The highest BCUT2D eigenvalue weighted by Gasteiger charge is 2.36. The second-order valence-corrected chi connectivity index (χ2v) is 5.18. The van der Waals surface area contributed by atoms with Crippen LogP contribution in [0.2, 0.25) is 0 Å². The second kappa shape index (κ2) is 6.19. The SMILES string of the molecule is CCOC(=O)CCC1=CC(=O)OC2CC(N)CCC12. The van der Waals surface area contributed by atoms with Gasteiger partial charge in [-0.25, -0.2) is 4.79 Å². The third kappa shape index (κ3) is 3.56. The molecule has 1 heterocycles. The molecule has 0 aromatic heterocycles. The summed E-state index contributed by atoms with van der Waals surface area (Å²) in [5, 5.41) is 0. The van der Waals surface area contributed by atoms with Gasteiger partial charge in [0.1, 0.15) is 6.10 Å². The summed E-state index contributed by atoms with van der Waals surface area (Å²) in [7, 11) is 0. The topological polar surface area (TPSA) is 78.6 Å². The van der Waals surface area contributed by atoms with E-state index < -0.39 is 0 Å². The molecular formula is C14H21NO4. The predicted molar refractivity (Wildman–Crippen MR) is 69.1 cm³/mol. The fourth-order valence-corrected chi connectivity index (χ4v) is 2.89. The molecule has 1 aliphatic carbocycles. The van der Waals surface area contributed by atoms with Crippen molar-refractivity contribution in [2.45, 2.75) is 51.2 Å². The normalized spacial score (nSPS) is 30.1. The lowest BCUT2D eigenvalue weighted by Crippen LogP contribution is -2.42. The van der Waals surface area contributed by atoms with Crippen LogP contribution in [0.4, 0.5) is 0 Å². The quantitative estimate of drug-likeness (QED) is 0.777. The van der Waals surface area contributed by atoms with E-state index in [9.17, 15) is 9.59 Å². The molecular weight excluding hydrogens is 246 g/mol. The Bertz CT molecular complexity index is 391. The molecule has 0 aromatic carbocycles. The first-order chi connectivity index (χ1) is 9.10. The molecule has 0 amide bonds. The number of esters is 2. The van der Waals surface area contributed by atoms with E-state index >= 15 is 0 Å². The smallest absolute Gasteiger partial charge is 0.331 e. The monoisotopic (exact) mass is 267 g/mol. The maximum atomic E-state index is 11.5. The van der Waals surface area contributed by atoms with Crippen molar-refractivity contribution in [1.29, 1.82) is 0 Å². The van der Waals surface area contributed by atoms with Crippen LogP contribution in [0.3, 0.4) is 0 Å². The molecule has 1 aliphatic heterocycles. The van der Waals surface area contributed by atoms with Gasteiger partial charge in [-0.1, -0.05) is 5.57 Å². The molecule has 1 saturated carbocycles. The van der Waals surface area contributed by atoms with Gasteiger partial charge in [0.2, 0.25) is 0 Å². The molecule has 0 aromatic rings. The lowest BCUT2D eigenvalue weighted by molar-refractivity contribution is -0.149. The van der Waals surface area contributed by atoms with Gasteiger partial charge in [0.05, 0.1) is 6.61 Å². The summed E-state index contributed by atoms with van der Waals surface area (Å²) in [6.07, 6.45) is 4.90. The van der Waals surface area contributed by atoms with Gasteiger partial charge >= 0.3 is 11.9 Å². The zero-order valence-corrected chi connectivity index (χ0v) is 11.3. The van der Waals surface area contributed by atoms with E-state index in [0.717, 1.165) is 18.4 Å². The summed E-state index contributed by atoms with van der Waals surface area (Å²) < 4.78 is 10.2. The Morgan fingerprint density at radius 2 is 2.32 bits per heavy atom. The van der Waals surface area contributed by atoms with Crippen LogP contribution in [0.5, 0.6) is 0 Å². The van der Waals surface area contributed by atoms with E-state index in [2.05, 4.69) is 0 Å². The van der Waals surface area contributed by atoms with E-state index in [4.69, 9.17) is 15.2 Å². The van der Waals surface area contributed by atoms with Gasteiger partial charge in [0.15, 0.2) is 0 Å². The maximum absolute atomic E-state index is 11.5.